The van der Waals surface area contributed by atoms with Gasteiger partial charge in [0.2, 0.25) is 5.82 Å². The summed E-state index contributed by atoms with van der Waals surface area (Å²) in [6.07, 6.45) is 3.73. The molecule has 0 bridgehead atoms. The molecule has 5 aromatic rings. The summed E-state index contributed by atoms with van der Waals surface area (Å²) in [6.45, 7) is 0.460. The van der Waals surface area contributed by atoms with Crippen molar-refractivity contribution in [3.05, 3.63) is 104 Å². The van der Waals surface area contributed by atoms with Crippen molar-refractivity contribution in [3.63, 3.8) is 0 Å². The monoisotopic (exact) mass is 624 g/mol. The van der Waals surface area contributed by atoms with Crippen LogP contribution in [0.3, 0.4) is 0 Å². The van der Waals surface area contributed by atoms with E-state index in [0.717, 1.165) is 32.1 Å². The summed E-state index contributed by atoms with van der Waals surface area (Å²) in [5.41, 5.74) is 4.77. The highest BCUT2D eigenvalue weighted by molar-refractivity contribution is 9.10. The molecule has 6 rings (SSSR count). The van der Waals surface area contributed by atoms with Crippen molar-refractivity contribution in [3.8, 4) is 29.0 Å². The van der Waals surface area contributed by atoms with Gasteiger partial charge >= 0.3 is 0 Å². The van der Waals surface area contributed by atoms with E-state index in [1.807, 2.05) is 54.6 Å². The minimum Gasteiger partial charge on any atom is -0.497 e. The molecule has 0 unspecified atom stereocenters. The Morgan fingerprint density at radius 2 is 1.98 bits per heavy atom. The number of halogens is 1. The smallest absolute Gasteiger partial charge is 0.255 e. The fraction of sp³-hybridized carbons (Fsp3) is 0.194. The van der Waals surface area contributed by atoms with Gasteiger partial charge in [0.15, 0.2) is 5.01 Å². The molecule has 1 aliphatic carbocycles. The van der Waals surface area contributed by atoms with Crippen LogP contribution in [-0.2, 0) is 6.54 Å². The highest BCUT2D eigenvalue weighted by Gasteiger charge is 2.21. The van der Waals surface area contributed by atoms with Crippen LogP contribution in [0.5, 0.6) is 5.75 Å². The molecule has 204 valence electrons. The molecule has 0 aliphatic heterocycles. The number of rotatable bonds is 7. The molecular weight excluding hydrogens is 600 g/mol. The molecule has 0 atom stereocenters. The van der Waals surface area contributed by atoms with Gasteiger partial charge in [0.05, 0.1) is 19.3 Å². The predicted molar refractivity (Wildman–Crippen MR) is 162 cm³/mol. The SMILES string of the molecule is COc1ccc(Cn2nnc(-c3cc(Br)cc(C(=O)Nc4cccc(C#Cc5nc(C6CCC6)cs5)c4)c3)n2)cc1. The zero-order valence-corrected chi connectivity index (χ0v) is 24.6. The summed E-state index contributed by atoms with van der Waals surface area (Å²) >= 11 is 5.10. The second-order valence-corrected chi connectivity index (χ2v) is 11.5. The van der Waals surface area contributed by atoms with Gasteiger partial charge in [-0.05, 0) is 78.1 Å². The molecule has 2 aromatic heterocycles. The number of amides is 1. The number of tetrazole rings is 1. The van der Waals surface area contributed by atoms with E-state index in [1.54, 1.807) is 30.6 Å². The lowest BCUT2D eigenvalue weighted by atomic mass is 9.83. The normalized spacial score (nSPS) is 12.7. The lowest BCUT2D eigenvalue weighted by molar-refractivity contribution is 0.102. The number of thiazole rings is 1. The first kappa shape index (κ1) is 26.9. The molecule has 0 spiro atoms. The molecule has 0 saturated heterocycles. The Bertz CT molecular complexity index is 1770. The first-order valence-electron chi connectivity index (χ1n) is 13.1. The van der Waals surface area contributed by atoms with Gasteiger partial charge in [0.25, 0.3) is 5.91 Å². The maximum atomic E-state index is 13.2. The Morgan fingerprint density at radius 1 is 1.12 bits per heavy atom. The number of hydrogen-bond donors (Lipinski definition) is 1. The van der Waals surface area contributed by atoms with Crippen LogP contribution in [0, 0.1) is 11.8 Å². The van der Waals surface area contributed by atoms with Crippen LogP contribution in [-0.4, -0.2) is 38.2 Å². The summed E-state index contributed by atoms with van der Waals surface area (Å²) < 4.78 is 5.94. The Morgan fingerprint density at radius 3 is 2.76 bits per heavy atom. The minimum absolute atomic E-state index is 0.256. The van der Waals surface area contributed by atoms with Gasteiger partial charge in [-0.25, -0.2) is 4.98 Å². The van der Waals surface area contributed by atoms with Gasteiger partial charge in [-0.3, -0.25) is 4.79 Å². The molecule has 3 aromatic carbocycles. The molecule has 1 amide bonds. The second kappa shape index (κ2) is 12.0. The molecule has 41 heavy (non-hydrogen) atoms. The third-order valence-electron chi connectivity index (χ3n) is 6.83. The number of nitrogens with zero attached hydrogens (tertiary/aromatic N) is 5. The number of nitrogens with one attached hydrogen (secondary N) is 1. The first-order valence-corrected chi connectivity index (χ1v) is 14.8. The Labute approximate surface area is 249 Å². The number of aromatic nitrogens is 5. The number of benzene rings is 3. The van der Waals surface area contributed by atoms with E-state index in [2.05, 4.69) is 58.9 Å². The third kappa shape index (κ3) is 6.53. The fourth-order valence-corrected chi connectivity index (χ4v) is 5.65. The summed E-state index contributed by atoms with van der Waals surface area (Å²) in [4.78, 5) is 19.4. The summed E-state index contributed by atoms with van der Waals surface area (Å²) in [7, 11) is 1.63. The standard InChI is InChI=1S/C31H25BrN6O2S/c1-40-27-11-8-21(9-12-27)18-38-36-30(35-37-38)23-15-24(17-25(32)16-23)31(39)33-26-7-2-4-20(14-26)10-13-29-34-28(19-41-29)22-5-3-6-22/h2,4,7-9,11-12,14-17,19,22H,3,5-6,18H2,1H3,(H,33,39). The zero-order chi connectivity index (χ0) is 28.2. The highest BCUT2D eigenvalue weighted by Crippen LogP contribution is 2.36. The molecule has 2 heterocycles. The van der Waals surface area contributed by atoms with E-state index in [4.69, 9.17) is 4.74 Å². The number of carbonyl (C=O) groups excluding carboxylic acids is 1. The molecule has 1 aliphatic rings. The number of anilines is 1. The van der Waals surface area contributed by atoms with Gasteiger partial charge < -0.3 is 10.1 Å². The van der Waals surface area contributed by atoms with Gasteiger partial charge in [-0.1, -0.05) is 46.5 Å². The van der Waals surface area contributed by atoms with Crippen LogP contribution in [0.4, 0.5) is 5.69 Å². The van der Waals surface area contributed by atoms with Crippen molar-refractivity contribution in [2.75, 3.05) is 12.4 Å². The lowest BCUT2D eigenvalue weighted by Crippen LogP contribution is -2.12. The van der Waals surface area contributed by atoms with E-state index in [9.17, 15) is 4.79 Å². The van der Waals surface area contributed by atoms with E-state index in [-0.39, 0.29) is 5.91 Å². The molecule has 0 radical (unpaired) electrons. The summed E-state index contributed by atoms with van der Waals surface area (Å²) in [5, 5.41) is 18.8. The van der Waals surface area contributed by atoms with Crippen LogP contribution in [0.25, 0.3) is 11.4 Å². The predicted octanol–water partition coefficient (Wildman–Crippen LogP) is 6.54. The molecule has 1 saturated carbocycles. The number of carbonyl (C=O) groups is 1. The van der Waals surface area contributed by atoms with Crippen molar-refractivity contribution < 1.29 is 9.53 Å². The van der Waals surface area contributed by atoms with Gasteiger partial charge in [-0.15, -0.1) is 21.5 Å². The van der Waals surface area contributed by atoms with Crippen LogP contribution in [0.15, 0.2) is 76.6 Å². The van der Waals surface area contributed by atoms with E-state index < -0.39 is 0 Å². The Kier molecular flexibility index (Phi) is 7.89. The van der Waals surface area contributed by atoms with E-state index in [0.29, 0.717) is 35.1 Å². The van der Waals surface area contributed by atoms with E-state index in [1.165, 1.54) is 24.1 Å². The van der Waals surface area contributed by atoms with Crippen molar-refractivity contribution in [2.24, 2.45) is 0 Å². The summed E-state index contributed by atoms with van der Waals surface area (Å²) in [6, 6.07) is 20.5. The lowest BCUT2D eigenvalue weighted by Gasteiger charge is -2.22. The van der Waals surface area contributed by atoms with Crippen LogP contribution >= 0.6 is 27.3 Å². The number of ether oxygens (including phenoxy) is 1. The largest absolute Gasteiger partial charge is 0.497 e. The quantitative estimate of drug-likeness (QED) is 0.207. The zero-order valence-electron chi connectivity index (χ0n) is 22.2. The molecule has 1 fully saturated rings. The fourth-order valence-electron chi connectivity index (χ4n) is 4.41. The van der Waals surface area contributed by atoms with Crippen molar-refractivity contribution in [1.82, 2.24) is 25.2 Å². The maximum absolute atomic E-state index is 13.2. The highest BCUT2D eigenvalue weighted by atomic mass is 79.9. The second-order valence-electron chi connectivity index (χ2n) is 9.71. The topological polar surface area (TPSA) is 94.8 Å². The van der Waals surface area contributed by atoms with E-state index >= 15 is 0 Å². The van der Waals surface area contributed by atoms with Crippen molar-refractivity contribution in [2.45, 2.75) is 31.7 Å². The van der Waals surface area contributed by atoms with Crippen LogP contribution in [0.1, 0.15) is 57.4 Å². The molecule has 1 N–H and O–H groups in total. The van der Waals surface area contributed by atoms with Gasteiger partial charge in [0.1, 0.15) is 5.75 Å². The van der Waals surface area contributed by atoms with Gasteiger partial charge in [0, 0.05) is 38.1 Å². The number of methoxy groups -OCH3 is 1. The van der Waals surface area contributed by atoms with Crippen LogP contribution < -0.4 is 10.1 Å². The van der Waals surface area contributed by atoms with Gasteiger partial charge in [-0.2, -0.15) is 4.80 Å². The average molecular weight is 626 g/mol. The first-order chi connectivity index (χ1) is 20.0. The average Bonchev–Trinajstić information content (AvgIpc) is 3.61. The Hall–Kier alpha value is -4.33. The molecule has 8 nitrogen and oxygen atoms in total. The molecule has 10 heteroatoms. The van der Waals surface area contributed by atoms with Crippen LogP contribution in [0.2, 0.25) is 0 Å². The minimum atomic E-state index is -0.256. The van der Waals surface area contributed by atoms with Crippen molar-refractivity contribution >= 4 is 38.9 Å². The Balaban J connectivity index is 1.14. The molecular formula is C31H25BrN6O2S. The third-order valence-corrected chi connectivity index (χ3v) is 8.07. The summed E-state index contributed by atoms with van der Waals surface area (Å²) in [5.74, 6) is 7.89. The van der Waals surface area contributed by atoms with Crippen molar-refractivity contribution in [1.29, 1.82) is 0 Å². The maximum Gasteiger partial charge on any atom is 0.255 e. The number of hydrogen-bond acceptors (Lipinski definition) is 7.